The standard InChI is InChI=1S/C25H40N2O3/c1-11-19-17(4)26-18(5)20(21(19)27-14-12-25(9,10)13-15-27)22(30-24(6,7)8)23(28)29-16(2)3/h11,16,22H,1,12-15H2,2-10H3. The minimum absolute atomic E-state index is 0.222. The monoisotopic (exact) mass is 416 g/mol. The van der Waals surface area contributed by atoms with Crippen LogP contribution in [0.3, 0.4) is 0 Å². The number of ether oxygens (including phenoxy) is 2. The summed E-state index contributed by atoms with van der Waals surface area (Å²) < 4.78 is 11.9. The molecule has 1 unspecified atom stereocenters. The van der Waals surface area contributed by atoms with Gasteiger partial charge in [-0.3, -0.25) is 4.98 Å². The van der Waals surface area contributed by atoms with Crippen LogP contribution in [-0.2, 0) is 14.3 Å². The molecule has 1 atom stereocenters. The van der Waals surface area contributed by atoms with Crippen molar-refractivity contribution >= 4 is 17.7 Å². The van der Waals surface area contributed by atoms with E-state index in [1.54, 1.807) is 0 Å². The molecule has 5 nitrogen and oxygen atoms in total. The lowest BCUT2D eigenvalue weighted by Gasteiger charge is -2.41. The summed E-state index contributed by atoms with van der Waals surface area (Å²) in [6.07, 6.45) is 2.96. The molecule has 0 amide bonds. The smallest absolute Gasteiger partial charge is 0.340 e. The first-order valence-corrected chi connectivity index (χ1v) is 11.0. The van der Waals surface area contributed by atoms with Gasteiger partial charge in [0.15, 0.2) is 6.10 Å². The van der Waals surface area contributed by atoms with Crippen LogP contribution in [0.15, 0.2) is 6.58 Å². The maximum atomic E-state index is 13.2. The SMILES string of the molecule is C=Cc1c(C)nc(C)c(C(OC(C)(C)C)C(=O)OC(C)C)c1N1CCC(C)(C)CC1. The molecule has 1 saturated heterocycles. The number of rotatable bonds is 6. The van der Waals surface area contributed by atoms with E-state index in [1.165, 1.54) is 0 Å². The van der Waals surface area contributed by atoms with Gasteiger partial charge in [0.1, 0.15) is 0 Å². The van der Waals surface area contributed by atoms with Gasteiger partial charge in [-0.25, -0.2) is 4.79 Å². The van der Waals surface area contributed by atoms with E-state index in [9.17, 15) is 4.79 Å². The molecule has 168 valence electrons. The Morgan fingerprint density at radius 3 is 2.20 bits per heavy atom. The second-order valence-corrected chi connectivity index (χ2v) is 10.4. The Morgan fingerprint density at radius 2 is 1.73 bits per heavy atom. The van der Waals surface area contributed by atoms with Crippen LogP contribution in [0.25, 0.3) is 6.08 Å². The van der Waals surface area contributed by atoms with Crippen LogP contribution in [0.5, 0.6) is 0 Å². The van der Waals surface area contributed by atoms with Gasteiger partial charge in [0.25, 0.3) is 0 Å². The van der Waals surface area contributed by atoms with Gasteiger partial charge in [0.05, 0.1) is 17.4 Å². The molecule has 30 heavy (non-hydrogen) atoms. The van der Waals surface area contributed by atoms with Crippen molar-refractivity contribution in [1.29, 1.82) is 0 Å². The van der Waals surface area contributed by atoms with Crippen molar-refractivity contribution in [3.8, 4) is 0 Å². The van der Waals surface area contributed by atoms with Gasteiger partial charge in [-0.2, -0.15) is 0 Å². The van der Waals surface area contributed by atoms with E-state index in [1.807, 2.05) is 54.5 Å². The average Bonchev–Trinajstić information content (AvgIpc) is 2.58. The molecule has 1 fully saturated rings. The van der Waals surface area contributed by atoms with Crippen LogP contribution < -0.4 is 4.90 Å². The van der Waals surface area contributed by atoms with E-state index >= 15 is 0 Å². The molecular formula is C25H40N2O3. The molecule has 2 heterocycles. The van der Waals surface area contributed by atoms with E-state index in [2.05, 4.69) is 25.3 Å². The van der Waals surface area contributed by atoms with Crippen LogP contribution in [0.4, 0.5) is 5.69 Å². The number of pyridine rings is 1. The number of hydrogen-bond acceptors (Lipinski definition) is 5. The first-order chi connectivity index (χ1) is 13.8. The zero-order chi connectivity index (χ0) is 22.9. The Balaban J connectivity index is 2.68. The number of aromatic nitrogens is 1. The van der Waals surface area contributed by atoms with Gasteiger partial charge < -0.3 is 14.4 Å². The summed E-state index contributed by atoms with van der Waals surface area (Å²) in [6.45, 7) is 24.1. The maximum Gasteiger partial charge on any atom is 0.340 e. The maximum absolute atomic E-state index is 13.2. The molecule has 0 aromatic carbocycles. The molecule has 0 N–H and O–H groups in total. The van der Waals surface area contributed by atoms with Gasteiger partial charge in [0.2, 0.25) is 0 Å². The summed E-state index contributed by atoms with van der Waals surface area (Å²) >= 11 is 0. The molecule has 1 aromatic heterocycles. The zero-order valence-corrected chi connectivity index (χ0v) is 20.4. The van der Waals surface area contributed by atoms with Gasteiger partial charge in [-0.15, -0.1) is 0 Å². The fraction of sp³-hybridized carbons (Fsp3) is 0.680. The Morgan fingerprint density at radius 1 is 1.17 bits per heavy atom. The van der Waals surface area contributed by atoms with Crippen LogP contribution >= 0.6 is 0 Å². The highest BCUT2D eigenvalue weighted by Gasteiger charge is 2.36. The van der Waals surface area contributed by atoms with Gasteiger partial charge in [-0.1, -0.05) is 26.5 Å². The van der Waals surface area contributed by atoms with Crippen molar-refractivity contribution in [2.24, 2.45) is 5.41 Å². The highest BCUT2D eigenvalue weighted by molar-refractivity contribution is 5.83. The number of carbonyl (C=O) groups is 1. The predicted molar refractivity (Wildman–Crippen MR) is 124 cm³/mol. The fourth-order valence-electron chi connectivity index (χ4n) is 3.97. The van der Waals surface area contributed by atoms with E-state index in [0.717, 1.165) is 54.1 Å². The third kappa shape index (κ3) is 5.84. The first kappa shape index (κ1) is 24.4. The Labute approximate surface area is 182 Å². The van der Waals surface area contributed by atoms with Crippen LogP contribution in [-0.4, -0.2) is 35.7 Å². The molecule has 0 aliphatic carbocycles. The normalized spacial score (nSPS) is 17.7. The Hall–Kier alpha value is -1.88. The summed E-state index contributed by atoms with van der Waals surface area (Å²) in [4.78, 5) is 20.3. The molecule has 1 aliphatic heterocycles. The second kappa shape index (κ2) is 9.09. The van der Waals surface area contributed by atoms with E-state index < -0.39 is 11.7 Å². The first-order valence-electron chi connectivity index (χ1n) is 11.0. The van der Waals surface area contributed by atoms with Crippen molar-refractivity contribution in [2.45, 2.75) is 93.0 Å². The van der Waals surface area contributed by atoms with Crippen molar-refractivity contribution in [3.05, 3.63) is 29.1 Å². The highest BCUT2D eigenvalue weighted by Crippen LogP contribution is 2.41. The van der Waals surface area contributed by atoms with E-state index in [4.69, 9.17) is 14.5 Å². The number of nitrogens with zero attached hydrogens (tertiary/aromatic N) is 2. The van der Waals surface area contributed by atoms with Gasteiger partial charge in [-0.05, 0) is 66.7 Å². The summed E-state index contributed by atoms with van der Waals surface area (Å²) in [5, 5.41) is 0. The van der Waals surface area contributed by atoms with Crippen LogP contribution in [0.2, 0.25) is 0 Å². The molecule has 0 radical (unpaired) electrons. The molecule has 2 rings (SSSR count). The Bertz CT molecular complexity index is 781. The quantitative estimate of drug-likeness (QED) is 0.551. The van der Waals surface area contributed by atoms with Gasteiger partial charge in [0, 0.05) is 35.6 Å². The third-order valence-electron chi connectivity index (χ3n) is 5.56. The molecule has 1 aliphatic rings. The summed E-state index contributed by atoms with van der Waals surface area (Å²) in [5.41, 5.74) is 4.30. The molecule has 0 spiro atoms. The summed E-state index contributed by atoms with van der Waals surface area (Å²) in [6, 6.07) is 0. The zero-order valence-electron chi connectivity index (χ0n) is 20.4. The summed E-state index contributed by atoms with van der Waals surface area (Å²) in [7, 11) is 0. The Kier molecular flexibility index (Phi) is 7.39. The highest BCUT2D eigenvalue weighted by atomic mass is 16.6. The van der Waals surface area contributed by atoms with Crippen molar-refractivity contribution in [1.82, 2.24) is 4.98 Å². The molecular weight excluding hydrogens is 376 g/mol. The number of hydrogen-bond donors (Lipinski definition) is 0. The van der Waals surface area contributed by atoms with Crippen molar-refractivity contribution in [3.63, 3.8) is 0 Å². The number of esters is 1. The van der Waals surface area contributed by atoms with E-state index in [-0.39, 0.29) is 12.1 Å². The van der Waals surface area contributed by atoms with Crippen LogP contribution in [0.1, 0.15) is 89.9 Å². The number of anilines is 1. The lowest BCUT2D eigenvalue weighted by Crippen LogP contribution is -2.39. The van der Waals surface area contributed by atoms with E-state index in [0.29, 0.717) is 5.41 Å². The lowest BCUT2D eigenvalue weighted by molar-refractivity contribution is -0.171. The fourth-order valence-corrected chi connectivity index (χ4v) is 3.97. The number of aryl methyl sites for hydroxylation is 2. The van der Waals surface area contributed by atoms with Crippen molar-refractivity contribution < 1.29 is 14.3 Å². The van der Waals surface area contributed by atoms with Crippen LogP contribution in [0, 0.1) is 19.3 Å². The lowest BCUT2D eigenvalue weighted by atomic mass is 9.82. The molecule has 0 saturated carbocycles. The van der Waals surface area contributed by atoms with Crippen molar-refractivity contribution in [2.75, 3.05) is 18.0 Å². The number of piperidine rings is 1. The second-order valence-electron chi connectivity index (χ2n) is 10.4. The third-order valence-corrected chi connectivity index (χ3v) is 5.56. The molecule has 0 bridgehead atoms. The van der Waals surface area contributed by atoms with Gasteiger partial charge >= 0.3 is 5.97 Å². The summed E-state index contributed by atoms with van der Waals surface area (Å²) in [5.74, 6) is -0.373. The minimum atomic E-state index is -0.843. The predicted octanol–water partition coefficient (Wildman–Crippen LogP) is 5.78. The molecule has 5 heteroatoms. The topological polar surface area (TPSA) is 51.7 Å². The molecule has 1 aromatic rings. The number of carbonyl (C=O) groups excluding carboxylic acids is 1. The minimum Gasteiger partial charge on any atom is -0.461 e. The largest absolute Gasteiger partial charge is 0.461 e. The average molecular weight is 417 g/mol.